The van der Waals surface area contributed by atoms with Crippen molar-refractivity contribution in [2.45, 2.75) is 31.7 Å². The minimum Gasteiger partial charge on any atom is -0.508 e. The smallest absolute Gasteiger partial charge is 0.266 e. The Kier molecular flexibility index (Phi) is 4.49. The van der Waals surface area contributed by atoms with Gasteiger partial charge in [-0.3, -0.25) is 9.69 Å². The zero-order valence-corrected chi connectivity index (χ0v) is 14.6. The highest BCUT2D eigenvalue weighted by molar-refractivity contribution is 6.08. The topological polar surface area (TPSA) is 78.9 Å². The van der Waals surface area contributed by atoms with Crippen LogP contribution in [0.3, 0.4) is 0 Å². The van der Waals surface area contributed by atoms with Gasteiger partial charge in [-0.2, -0.15) is 0 Å². The number of phenolic OH excluding ortho intramolecular Hbond substituents is 1. The van der Waals surface area contributed by atoms with Crippen LogP contribution in [0.25, 0.3) is 0 Å². The zero-order valence-electron chi connectivity index (χ0n) is 14.6. The first-order valence-corrected chi connectivity index (χ1v) is 8.51. The molecule has 1 unspecified atom stereocenters. The monoisotopic (exact) mass is 337 g/mol. The molecule has 25 heavy (non-hydrogen) atoms. The van der Waals surface area contributed by atoms with Crippen molar-refractivity contribution in [1.82, 2.24) is 4.90 Å². The first kappa shape index (κ1) is 17.0. The van der Waals surface area contributed by atoms with Gasteiger partial charge in [0.1, 0.15) is 5.75 Å². The summed E-state index contributed by atoms with van der Waals surface area (Å²) in [6.07, 6.45) is 3.16. The van der Waals surface area contributed by atoms with E-state index >= 15 is 0 Å². The maximum Gasteiger partial charge on any atom is 0.266 e. The number of carbonyl (C=O) groups excluding carboxylic acids is 1. The summed E-state index contributed by atoms with van der Waals surface area (Å²) in [7, 11) is 1.63. The molecule has 2 aromatic carbocycles. The summed E-state index contributed by atoms with van der Waals surface area (Å²) >= 11 is 0. The first-order chi connectivity index (χ1) is 12.0. The lowest BCUT2D eigenvalue weighted by molar-refractivity contribution is -0.129. The number of carbonyl (C=O) groups is 1. The largest absolute Gasteiger partial charge is 0.508 e. The number of aromatic hydroxyl groups is 1. The summed E-state index contributed by atoms with van der Waals surface area (Å²) in [5.41, 5.74) is 7.43. The van der Waals surface area contributed by atoms with Crippen LogP contribution in [0.1, 0.15) is 36.5 Å². The molecule has 1 amide bonds. The molecule has 0 aliphatic carbocycles. The molecule has 2 aromatic rings. The number of hydrogen-bond acceptors (Lipinski definition) is 4. The molecule has 1 heterocycles. The van der Waals surface area contributed by atoms with Crippen LogP contribution in [-0.4, -0.2) is 28.9 Å². The van der Waals surface area contributed by atoms with Crippen molar-refractivity contribution in [3.63, 3.8) is 0 Å². The Hall–Kier alpha value is -2.82. The highest BCUT2D eigenvalue weighted by atomic mass is 16.3. The Morgan fingerprint density at radius 1 is 1.16 bits per heavy atom. The molecule has 3 rings (SSSR count). The van der Waals surface area contributed by atoms with E-state index in [0.717, 1.165) is 24.8 Å². The summed E-state index contributed by atoms with van der Waals surface area (Å²) in [6, 6.07) is 14.6. The minimum atomic E-state index is -1.20. The molecule has 0 fully saturated rings. The number of unbranched alkanes of at least 4 members (excludes halogenated alkanes) is 1. The van der Waals surface area contributed by atoms with E-state index in [4.69, 9.17) is 5.73 Å². The number of hydrogen-bond donors (Lipinski definition) is 2. The van der Waals surface area contributed by atoms with Crippen molar-refractivity contribution in [2.75, 3.05) is 7.05 Å². The Morgan fingerprint density at radius 2 is 1.88 bits per heavy atom. The molecular weight excluding hydrogens is 314 g/mol. The number of aryl methyl sites for hydroxylation is 1. The van der Waals surface area contributed by atoms with Gasteiger partial charge in [0.25, 0.3) is 5.91 Å². The van der Waals surface area contributed by atoms with E-state index in [2.05, 4.69) is 18.0 Å². The predicted molar refractivity (Wildman–Crippen MR) is 98.3 cm³/mol. The fourth-order valence-corrected chi connectivity index (χ4v) is 3.22. The maximum absolute atomic E-state index is 13.1. The molecule has 1 aliphatic rings. The SMILES string of the molecule is CCCCc1cccc(C2(c3ccc(O)cc3)N=C(N)N(C)C2=O)c1. The van der Waals surface area contributed by atoms with Crippen molar-refractivity contribution < 1.29 is 9.90 Å². The zero-order chi connectivity index (χ0) is 18.0. The van der Waals surface area contributed by atoms with Gasteiger partial charge in [0.15, 0.2) is 11.5 Å². The molecule has 5 nitrogen and oxygen atoms in total. The summed E-state index contributed by atoms with van der Waals surface area (Å²) in [6.45, 7) is 2.15. The van der Waals surface area contributed by atoms with Crippen LogP contribution >= 0.6 is 0 Å². The summed E-state index contributed by atoms with van der Waals surface area (Å²) in [4.78, 5) is 19.1. The van der Waals surface area contributed by atoms with Crippen LogP contribution in [0.2, 0.25) is 0 Å². The molecule has 5 heteroatoms. The number of nitrogens with two attached hydrogens (primary N) is 1. The van der Waals surface area contributed by atoms with Crippen LogP contribution in [0, 0.1) is 0 Å². The lowest BCUT2D eigenvalue weighted by Gasteiger charge is -2.26. The van der Waals surface area contributed by atoms with E-state index in [1.54, 1.807) is 31.3 Å². The quantitative estimate of drug-likeness (QED) is 0.880. The van der Waals surface area contributed by atoms with E-state index in [0.29, 0.717) is 5.56 Å². The molecule has 0 bridgehead atoms. The first-order valence-electron chi connectivity index (χ1n) is 8.51. The number of likely N-dealkylation sites (N-methyl/N-ethyl adjacent to an activating group) is 1. The van der Waals surface area contributed by atoms with Gasteiger partial charge in [-0.15, -0.1) is 0 Å². The molecule has 0 radical (unpaired) electrons. The predicted octanol–water partition coefficient (Wildman–Crippen LogP) is 2.77. The number of phenols is 1. The Morgan fingerprint density at radius 3 is 2.48 bits per heavy atom. The number of aliphatic imine (C=N–C) groups is 1. The van der Waals surface area contributed by atoms with Gasteiger partial charge in [0.05, 0.1) is 0 Å². The summed E-state index contributed by atoms with van der Waals surface area (Å²) in [5.74, 6) is 0.145. The second-order valence-electron chi connectivity index (χ2n) is 6.40. The van der Waals surface area contributed by atoms with Crippen molar-refractivity contribution in [3.05, 3.63) is 65.2 Å². The van der Waals surface area contributed by atoms with Gasteiger partial charge < -0.3 is 10.8 Å². The van der Waals surface area contributed by atoms with E-state index < -0.39 is 5.54 Å². The summed E-state index contributed by atoms with van der Waals surface area (Å²) < 4.78 is 0. The van der Waals surface area contributed by atoms with Crippen molar-refractivity contribution in [1.29, 1.82) is 0 Å². The summed E-state index contributed by atoms with van der Waals surface area (Å²) in [5, 5.41) is 9.61. The van der Waals surface area contributed by atoms with Gasteiger partial charge >= 0.3 is 0 Å². The Bertz CT molecular complexity index is 814. The third-order valence-corrected chi connectivity index (χ3v) is 4.69. The molecule has 1 aliphatic heterocycles. The second kappa shape index (κ2) is 6.59. The molecule has 3 N–H and O–H groups in total. The number of rotatable bonds is 5. The number of amides is 1. The lowest BCUT2D eigenvalue weighted by Crippen LogP contribution is -2.41. The van der Waals surface area contributed by atoms with Gasteiger partial charge in [-0.05, 0) is 41.7 Å². The van der Waals surface area contributed by atoms with Gasteiger partial charge in [-0.25, -0.2) is 4.99 Å². The molecule has 0 saturated carbocycles. The average Bonchev–Trinajstić information content (AvgIpc) is 2.86. The minimum absolute atomic E-state index is 0.145. The molecule has 1 atom stereocenters. The third-order valence-electron chi connectivity index (χ3n) is 4.69. The Balaban J connectivity index is 2.16. The van der Waals surface area contributed by atoms with Crippen molar-refractivity contribution in [2.24, 2.45) is 10.7 Å². The average molecular weight is 337 g/mol. The van der Waals surface area contributed by atoms with E-state index in [1.165, 1.54) is 10.5 Å². The van der Waals surface area contributed by atoms with Crippen LogP contribution in [0.4, 0.5) is 0 Å². The van der Waals surface area contributed by atoms with Gasteiger partial charge in [-0.1, -0.05) is 49.7 Å². The molecule has 0 aromatic heterocycles. The van der Waals surface area contributed by atoms with Crippen LogP contribution in [0.15, 0.2) is 53.5 Å². The molecule has 0 saturated heterocycles. The van der Waals surface area contributed by atoms with Crippen LogP contribution in [-0.2, 0) is 16.8 Å². The van der Waals surface area contributed by atoms with Gasteiger partial charge in [0, 0.05) is 7.05 Å². The van der Waals surface area contributed by atoms with E-state index in [1.807, 2.05) is 18.2 Å². The molecule has 130 valence electrons. The van der Waals surface area contributed by atoms with Gasteiger partial charge in [0.2, 0.25) is 0 Å². The lowest BCUT2D eigenvalue weighted by atomic mass is 9.82. The fourth-order valence-electron chi connectivity index (χ4n) is 3.22. The van der Waals surface area contributed by atoms with Crippen LogP contribution in [0.5, 0.6) is 5.75 Å². The third kappa shape index (κ3) is 2.86. The van der Waals surface area contributed by atoms with Crippen molar-refractivity contribution in [3.8, 4) is 5.75 Å². The molecular formula is C20H23N3O2. The van der Waals surface area contributed by atoms with E-state index in [-0.39, 0.29) is 17.6 Å². The van der Waals surface area contributed by atoms with Crippen LogP contribution < -0.4 is 5.73 Å². The Labute approximate surface area is 147 Å². The second-order valence-corrected chi connectivity index (χ2v) is 6.40. The van der Waals surface area contributed by atoms with E-state index in [9.17, 15) is 9.90 Å². The normalized spacial score (nSPS) is 20.0. The highest BCUT2D eigenvalue weighted by Crippen LogP contribution is 2.40. The van der Waals surface area contributed by atoms with Crippen molar-refractivity contribution >= 4 is 11.9 Å². The number of nitrogens with zero attached hydrogens (tertiary/aromatic N) is 2. The standard InChI is InChI=1S/C20H23N3O2/c1-3-4-6-14-7-5-8-16(13-14)20(15-9-11-17(24)12-10-15)18(25)23(2)19(21)22-20/h5,7-13,24H,3-4,6H2,1-2H3,(H2,21,22). The highest BCUT2D eigenvalue weighted by Gasteiger charge is 2.49. The number of guanidine groups is 1. The number of benzene rings is 2. The maximum atomic E-state index is 13.1. The fraction of sp³-hybridized carbons (Fsp3) is 0.300. The molecule has 0 spiro atoms.